The van der Waals surface area contributed by atoms with Gasteiger partial charge in [0.2, 0.25) is 0 Å². The van der Waals surface area contributed by atoms with Gasteiger partial charge in [0.1, 0.15) is 0 Å². The summed E-state index contributed by atoms with van der Waals surface area (Å²) >= 11 is 0. The smallest absolute Gasteiger partial charge is 0.00189 e. The van der Waals surface area contributed by atoms with Crippen LogP contribution in [0.5, 0.6) is 0 Å². The molecule has 0 amide bonds. The van der Waals surface area contributed by atoms with Crippen molar-refractivity contribution in [3.63, 3.8) is 0 Å². The first-order chi connectivity index (χ1) is 8.84. The molecule has 1 nitrogen and oxygen atoms in total. The molecule has 1 heteroatoms. The Bertz CT molecular complexity index is 398. The lowest BCUT2D eigenvalue weighted by Crippen LogP contribution is -2.21. The molecule has 2 atom stereocenters. The topological polar surface area (TPSA) is 3.24 Å². The van der Waals surface area contributed by atoms with Crippen LogP contribution in [0.25, 0.3) is 0 Å². The first kappa shape index (κ1) is 12.2. The molecule has 0 N–H and O–H groups in total. The molecule has 1 aliphatic heterocycles. The van der Waals surface area contributed by atoms with E-state index in [2.05, 4.69) is 36.2 Å². The Morgan fingerprint density at radius 3 is 2.83 bits per heavy atom. The van der Waals surface area contributed by atoms with Crippen LogP contribution in [0.4, 0.5) is 0 Å². The third-order valence-electron chi connectivity index (χ3n) is 4.98. The summed E-state index contributed by atoms with van der Waals surface area (Å²) in [5.74, 6) is 1.78. The monoisotopic (exact) mass is 243 g/mol. The Kier molecular flexibility index (Phi) is 3.69. The molecule has 1 aromatic rings. The summed E-state index contributed by atoms with van der Waals surface area (Å²) < 4.78 is 0. The zero-order chi connectivity index (χ0) is 12.4. The van der Waals surface area contributed by atoms with E-state index in [1.54, 1.807) is 11.1 Å². The number of benzene rings is 1. The molecular formula is C17H25N. The van der Waals surface area contributed by atoms with Crippen LogP contribution in [-0.2, 0) is 6.42 Å². The maximum Gasteiger partial charge on any atom is -0.00189 e. The lowest BCUT2D eigenvalue weighted by molar-refractivity contribution is 0.317. The lowest BCUT2D eigenvalue weighted by Gasteiger charge is -2.32. The van der Waals surface area contributed by atoms with E-state index in [0.29, 0.717) is 0 Å². The van der Waals surface area contributed by atoms with E-state index in [0.717, 1.165) is 11.8 Å². The van der Waals surface area contributed by atoms with Gasteiger partial charge >= 0.3 is 0 Å². The summed E-state index contributed by atoms with van der Waals surface area (Å²) in [6, 6.07) is 9.19. The summed E-state index contributed by atoms with van der Waals surface area (Å²) in [7, 11) is 2.27. The number of nitrogens with zero attached hydrogens (tertiary/aromatic N) is 1. The highest BCUT2D eigenvalue weighted by atomic mass is 15.1. The summed E-state index contributed by atoms with van der Waals surface area (Å²) in [6.07, 6.45) is 8.34. The highest BCUT2D eigenvalue weighted by molar-refractivity contribution is 5.33. The van der Waals surface area contributed by atoms with Gasteiger partial charge in [0.25, 0.3) is 0 Å². The summed E-state index contributed by atoms with van der Waals surface area (Å²) in [6.45, 7) is 2.59. The molecule has 1 fully saturated rings. The second-order valence-electron chi connectivity index (χ2n) is 6.19. The van der Waals surface area contributed by atoms with Gasteiger partial charge < -0.3 is 4.90 Å². The molecule has 98 valence electrons. The van der Waals surface area contributed by atoms with E-state index in [-0.39, 0.29) is 0 Å². The van der Waals surface area contributed by atoms with Gasteiger partial charge in [-0.1, -0.05) is 24.3 Å². The molecule has 0 saturated carbocycles. The van der Waals surface area contributed by atoms with Gasteiger partial charge in [0.05, 0.1) is 0 Å². The normalized spacial score (nSPS) is 29.6. The number of hydrogen-bond donors (Lipinski definition) is 0. The fourth-order valence-electron chi connectivity index (χ4n) is 3.95. The average molecular weight is 243 g/mol. The van der Waals surface area contributed by atoms with Crippen molar-refractivity contribution in [1.29, 1.82) is 0 Å². The fraction of sp³-hybridized carbons (Fsp3) is 0.647. The molecule has 1 aliphatic carbocycles. The fourth-order valence-corrected chi connectivity index (χ4v) is 3.95. The summed E-state index contributed by atoms with van der Waals surface area (Å²) in [5.41, 5.74) is 3.31. The molecule has 1 aromatic carbocycles. The van der Waals surface area contributed by atoms with Crippen molar-refractivity contribution in [3.05, 3.63) is 35.4 Å². The SMILES string of the molecule is CN1CCC[C@H](C2CCCc3ccccc32)CC1. The molecule has 0 radical (unpaired) electrons. The highest BCUT2D eigenvalue weighted by Crippen LogP contribution is 2.40. The Morgan fingerprint density at radius 1 is 1.00 bits per heavy atom. The maximum absolute atomic E-state index is 2.51. The molecule has 18 heavy (non-hydrogen) atoms. The Labute approximate surface area is 111 Å². The van der Waals surface area contributed by atoms with E-state index < -0.39 is 0 Å². The van der Waals surface area contributed by atoms with Crippen LogP contribution in [0.2, 0.25) is 0 Å². The largest absolute Gasteiger partial charge is 0.306 e. The quantitative estimate of drug-likeness (QED) is 0.724. The highest BCUT2D eigenvalue weighted by Gasteiger charge is 2.28. The minimum Gasteiger partial charge on any atom is -0.306 e. The van der Waals surface area contributed by atoms with E-state index >= 15 is 0 Å². The average Bonchev–Trinajstić information content (AvgIpc) is 2.63. The number of rotatable bonds is 1. The van der Waals surface area contributed by atoms with E-state index in [1.807, 2.05) is 0 Å². The first-order valence-electron chi connectivity index (χ1n) is 7.61. The maximum atomic E-state index is 2.51. The molecular weight excluding hydrogens is 218 g/mol. The standard InChI is InChI=1S/C17H25N/c1-18-12-5-8-15(11-13-18)17-10-4-7-14-6-2-3-9-16(14)17/h2-3,6,9,15,17H,4-5,7-8,10-13H2,1H3/t15-,17?/m0/s1. The number of aryl methyl sites for hydroxylation is 1. The Hall–Kier alpha value is -0.820. The van der Waals surface area contributed by atoms with Gasteiger partial charge in [-0.05, 0) is 81.6 Å². The van der Waals surface area contributed by atoms with Gasteiger partial charge in [0.15, 0.2) is 0 Å². The molecule has 1 unspecified atom stereocenters. The van der Waals surface area contributed by atoms with Gasteiger partial charge in [0, 0.05) is 0 Å². The predicted molar refractivity (Wildman–Crippen MR) is 77.0 cm³/mol. The second kappa shape index (κ2) is 5.44. The molecule has 0 aromatic heterocycles. The van der Waals surface area contributed by atoms with Crippen LogP contribution in [-0.4, -0.2) is 25.0 Å². The minimum absolute atomic E-state index is 0.849. The van der Waals surface area contributed by atoms with Crippen LogP contribution in [0, 0.1) is 5.92 Å². The molecule has 0 spiro atoms. The van der Waals surface area contributed by atoms with Gasteiger partial charge in [-0.2, -0.15) is 0 Å². The zero-order valence-electron chi connectivity index (χ0n) is 11.6. The number of fused-ring (bicyclic) bond motifs is 1. The van der Waals surface area contributed by atoms with Crippen molar-refractivity contribution in [1.82, 2.24) is 4.90 Å². The van der Waals surface area contributed by atoms with Crippen molar-refractivity contribution in [2.75, 3.05) is 20.1 Å². The van der Waals surface area contributed by atoms with Gasteiger partial charge in [-0.15, -0.1) is 0 Å². The Morgan fingerprint density at radius 2 is 1.89 bits per heavy atom. The summed E-state index contributed by atoms with van der Waals surface area (Å²) in [4.78, 5) is 2.51. The molecule has 1 heterocycles. The van der Waals surface area contributed by atoms with Crippen molar-refractivity contribution < 1.29 is 0 Å². The molecule has 2 aliphatic rings. The third kappa shape index (κ3) is 2.47. The second-order valence-corrected chi connectivity index (χ2v) is 6.19. The lowest BCUT2D eigenvalue weighted by atomic mass is 9.73. The number of hydrogen-bond acceptors (Lipinski definition) is 1. The molecule has 1 saturated heterocycles. The van der Waals surface area contributed by atoms with Gasteiger partial charge in [-0.25, -0.2) is 0 Å². The van der Waals surface area contributed by atoms with E-state index in [1.165, 1.54) is 51.6 Å². The molecule has 0 bridgehead atoms. The van der Waals surface area contributed by atoms with Gasteiger partial charge in [-0.3, -0.25) is 0 Å². The van der Waals surface area contributed by atoms with Crippen LogP contribution < -0.4 is 0 Å². The van der Waals surface area contributed by atoms with Crippen molar-refractivity contribution >= 4 is 0 Å². The van der Waals surface area contributed by atoms with Crippen LogP contribution >= 0.6 is 0 Å². The first-order valence-corrected chi connectivity index (χ1v) is 7.61. The van der Waals surface area contributed by atoms with Crippen molar-refractivity contribution in [2.24, 2.45) is 5.92 Å². The van der Waals surface area contributed by atoms with Crippen LogP contribution in [0.15, 0.2) is 24.3 Å². The van der Waals surface area contributed by atoms with Crippen molar-refractivity contribution in [2.45, 2.75) is 44.4 Å². The zero-order valence-corrected chi connectivity index (χ0v) is 11.6. The minimum atomic E-state index is 0.849. The van der Waals surface area contributed by atoms with E-state index in [4.69, 9.17) is 0 Å². The third-order valence-corrected chi connectivity index (χ3v) is 4.98. The summed E-state index contributed by atoms with van der Waals surface area (Å²) in [5, 5.41) is 0. The number of likely N-dealkylation sites (tertiary alicyclic amines) is 1. The van der Waals surface area contributed by atoms with Crippen molar-refractivity contribution in [3.8, 4) is 0 Å². The van der Waals surface area contributed by atoms with E-state index in [9.17, 15) is 0 Å². The van der Waals surface area contributed by atoms with Crippen LogP contribution in [0.1, 0.15) is 49.1 Å². The Balaban J connectivity index is 1.80. The predicted octanol–water partition coefficient (Wildman–Crippen LogP) is 3.84. The molecule has 3 rings (SSSR count). The van der Waals surface area contributed by atoms with Crippen LogP contribution in [0.3, 0.4) is 0 Å².